The molecule has 0 aliphatic heterocycles. The van der Waals surface area contributed by atoms with E-state index in [4.69, 9.17) is 21.1 Å². The molecule has 0 fully saturated rings. The number of hydrogen-bond donors (Lipinski definition) is 4. The lowest BCUT2D eigenvalue weighted by atomic mass is 10.2. The lowest BCUT2D eigenvalue weighted by molar-refractivity contribution is 0.0693. The Morgan fingerprint density at radius 1 is 0.800 bits per heavy atom. The first-order chi connectivity index (χ1) is 9.43. The van der Waals surface area contributed by atoms with Gasteiger partial charge < -0.3 is 21.1 Å². The van der Waals surface area contributed by atoms with Crippen LogP contribution in [0.1, 0.15) is 20.7 Å². The number of aromatic hydroxyl groups is 2. The zero-order valence-corrected chi connectivity index (χ0v) is 10.4. The number of rotatable bonds is 2. The van der Waals surface area contributed by atoms with Crippen LogP contribution in [0.3, 0.4) is 0 Å². The van der Waals surface area contributed by atoms with Crippen LogP contribution in [0.15, 0.2) is 48.5 Å². The lowest BCUT2D eigenvalue weighted by Gasteiger charge is -1.96. The van der Waals surface area contributed by atoms with Gasteiger partial charge in [0.25, 0.3) is 5.91 Å². The fraction of sp³-hybridized carbons (Fsp3) is 0. The maximum Gasteiger partial charge on any atom is 0.339 e. The Labute approximate surface area is 114 Å². The minimum absolute atomic E-state index is 0.0671. The predicted octanol–water partition coefficient (Wildman–Crippen LogP) is 1.58. The average Bonchev–Trinajstić information content (AvgIpc) is 2.40. The predicted molar refractivity (Wildman–Crippen MR) is 71.7 cm³/mol. The summed E-state index contributed by atoms with van der Waals surface area (Å²) in [5.41, 5.74) is 5.00. The minimum Gasteiger partial charge on any atom is -0.507 e. The Balaban J connectivity index is 0.000000200. The molecule has 104 valence electrons. The van der Waals surface area contributed by atoms with Crippen molar-refractivity contribution in [1.29, 1.82) is 0 Å². The fourth-order valence-electron chi connectivity index (χ4n) is 1.34. The number of phenols is 2. The number of carboxylic acid groups (broad SMARTS) is 1. The van der Waals surface area contributed by atoms with E-state index in [0.29, 0.717) is 0 Å². The molecule has 6 heteroatoms. The molecular weight excluding hydrogens is 262 g/mol. The van der Waals surface area contributed by atoms with Crippen LogP contribution < -0.4 is 5.73 Å². The van der Waals surface area contributed by atoms with Gasteiger partial charge in [-0.3, -0.25) is 4.79 Å². The molecule has 0 aromatic heterocycles. The van der Waals surface area contributed by atoms with E-state index in [9.17, 15) is 9.59 Å². The number of benzene rings is 2. The Hall–Kier alpha value is -3.02. The monoisotopic (exact) mass is 275 g/mol. The largest absolute Gasteiger partial charge is 0.507 e. The summed E-state index contributed by atoms with van der Waals surface area (Å²) in [7, 11) is 0. The van der Waals surface area contributed by atoms with Crippen molar-refractivity contribution in [1.82, 2.24) is 0 Å². The Kier molecular flexibility index (Phi) is 5.11. The van der Waals surface area contributed by atoms with Gasteiger partial charge in [-0.25, -0.2) is 4.79 Å². The third kappa shape index (κ3) is 4.02. The van der Waals surface area contributed by atoms with Gasteiger partial charge in [-0.2, -0.15) is 0 Å². The number of carboxylic acids is 1. The Morgan fingerprint density at radius 3 is 1.45 bits per heavy atom. The summed E-state index contributed by atoms with van der Waals surface area (Å²) in [6.07, 6.45) is 0. The summed E-state index contributed by atoms with van der Waals surface area (Å²) in [6, 6.07) is 12.0. The molecule has 0 atom stereocenters. The van der Waals surface area contributed by atoms with E-state index >= 15 is 0 Å². The van der Waals surface area contributed by atoms with Gasteiger partial charge in [0.15, 0.2) is 0 Å². The second-order valence-electron chi connectivity index (χ2n) is 3.70. The van der Waals surface area contributed by atoms with Crippen LogP contribution in [0, 0.1) is 0 Å². The molecule has 0 spiro atoms. The summed E-state index contributed by atoms with van der Waals surface area (Å²) in [6.45, 7) is 0. The van der Waals surface area contributed by atoms with Gasteiger partial charge in [0.05, 0.1) is 5.56 Å². The first-order valence-electron chi connectivity index (χ1n) is 5.52. The van der Waals surface area contributed by atoms with E-state index in [0.717, 1.165) is 0 Å². The summed E-state index contributed by atoms with van der Waals surface area (Å²) in [5.74, 6) is -2.00. The van der Waals surface area contributed by atoms with Crippen molar-refractivity contribution in [2.75, 3.05) is 0 Å². The van der Waals surface area contributed by atoms with Crippen LogP contribution >= 0.6 is 0 Å². The zero-order valence-electron chi connectivity index (χ0n) is 10.4. The Morgan fingerprint density at radius 2 is 1.20 bits per heavy atom. The quantitative estimate of drug-likeness (QED) is 0.663. The molecule has 0 bridgehead atoms. The molecular formula is C14H13NO5. The summed E-state index contributed by atoms with van der Waals surface area (Å²) < 4.78 is 0. The van der Waals surface area contributed by atoms with Crippen LogP contribution in [0.5, 0.6) is 11.5 Å². The molecule has 0 saturated carbocycles. The van der Waals surface area contributed by atoms with E-state index in [-0.39, 0.29) is 22.6 Å². The molecule has 2 aromatic carbocycles. The molecule has 1 amide bonds. The molecule has 2 aromatic rings. The van der Waals surface area contributed by atoms with Crippen LogP contribution in [-0.4, -0.2) is 27.2 Å². The zero-order chi connectivity index (χ0) is 15.1. The molecule has 0 unspecified atom stereocenters. The van der Waals surface area contributed by atoms with Crippen molar-refractivity contribution in [3.05, 3.63) is 59.7 Å². The first-order valence-corrected chi connectivity index (χ1v) is 5.52. The number of hydrogen-bond acceptors (Lipinski definition) is 4. The summed E-state index contributed by atoms with van der Waals surface area (Å²) in [4.78, 5) is 20.7. The molecule has 20 heavy (non-hydrogen) atoms. The molecule has 5 N–H and O–H groups in total. The highest BCUT2D eigenvalue weighted by atomic mass is 16.4. The minimum atomic E-state index is -1.11. The van der Waals surface area contributed by atoms with Gasteiger partial charge in [0, 0.05) is 0 Å². The molecule has 2 rings (SSSR count). The molecule has 0 heterocycles. The number of aromatic carboxylic acids is 1. The second-order valence-corrected chi connectivity index (χ2v) is 3.70. The smallest absolute Gasteiger partial charge is 0.339 e. The number of carbonyl (C=O) groups excluding carboxylic acids is 1. The molecule has 0 aliphatic carbocycles. The van der Waals surface area contributed by atoms with E-state index < -0.39 is 11.9 Å². The normalized spacial score (nSPS) is 9.20. The average molecular weight is 275 g/mol. The standard InChI is InChI=1S/C7H7NO2.C7H6O3/c8-7(10)5-3-1-2-4-6(5)9;8-6-4-2-1-3-5(6)7(9)10/h1-4,9H,(H2,8,10);1-4,8H,(H,9,10). The van der Waals surface area contributed by atoms with Gasteiger partial charge >= 0.3 is 5.97 Å². The van der Waals surface area contributed by atoms with Gasteiger partial charge in [-0.05, 0) is 24.3 Å². The summed E-state index contributed by atoms with van der Waals surface area (Å²) >= 11 is 0. The highest BCUT2D eigenvalue weighted by Crippen LogP contribution is 2.14. The lowest BCUT2D eigenvalue weighted by Crippen LogP contribution is -2.10. The maximum absolute atomic E-state index is 10.5. The SMILES string of the molecule is NC(=O)c1ccccc1O.O=C(O)c1ccccc1O. The van der Waals surface area contributed by atoms with Crippen molar-refractivity contribution in [2.45, 2.75) is 0 Å². The molecule has 0 radical (unpaired) electrons. The van der Waals surface area contributed by atoms with Crippen molar-refractivity contribution < 1.29 is 24.9 Å². The third-order valence-corrected chi connectivity index (χ3v) is 2.30. The molecule has 6 nitrogen and oxygen atoms in total. The maximum atomic E-state index is 10.5. The van der Waals surface area contributed by atoms with E-state index in [1.54, 1.807) is 24.3 Å². The van der Waals surface area contributed by atoms with Gasteiger partial charge in [-0.1, -0.05) is 24.3 Å². The van der Waals surface area contributed by atoms with Crippen LogP contribution in [-0.2, 0) is 0 Å². The summed E-state index contributed by atoms with van der Waals surface area (Å²) in [5, 5.41) is 26.3. The van der Waals surface area contributed by atoms with Crippen molar-refractivity contribution in [2.24, 2.45) is 5.73 Å². The number of para-hydroxylation sites is 2. The topological polar surface area (TPSA) is 121 Å². The molecule has 0 aliphatic rings. The third-order valence-electron chi connectivity index (χ3n) is 2.30. The number of primary amides is 1. The van der Waals surface area contributed by atoms with Crippen molar-refractivity contribution in [3.63, 3.8) is 0 Å². The van der Waals surface area contributed by atoms with E-state index in [1.165, 1.54) is 24.3 Å². The van der Waals surface area contributed by atoms with E-state index in [2.05, 4.69) is 0 Å². The fourth-order valence-corrected chi connectivity index (χ4v) is 1.34. The van der Waals surface area contributed by atoms with E-state index in [1.807, 2.05) is 0 Å². The van der Waals surface area contributed by atoms with Crippen LogP contribution in [0.4, 0.5) is 0 Å². The second kappa shape index (κ2) is 6.79. The van der Waals surface area contributed by atoms with Crippen molar-refractivity contribution in [3.8, 4) is 11.5 Å². The van der Waals surface area contributed by atoms with Gasteiger partial charge in [-0.15, -0.1) is 0 Å². The number of nitrogens with two attached hydrogens (primary N) is 1. The first kappa shape index (κ1) is 15.0. The number of carbonyl (C=O) groups is 2. The van der Waals surface area contributed by atoms with Crippen molar-refractivity contribution >= 4 is 11.9 Å². The van der Waals surface area contributed by atoms with Gasteiger partial charge in [0.1, 0.15) is 17.1 Å². The van der Waals surface area contributed by atoms with Crippen LogP contribution in [0.2, 0.25) is 0 Å². The van der Waals surface area contributed by atoms with Crippen LogP contribution in [0.25, 0.3) is 0 Å². The molecule has 0 saturated heterocycles. The highest BCUT2D eigenvalue weighted by molar-refractivity contribution is 5.95. The Bertz CT molecular complexity index is 569. The highest BCUT2D eigenvalue weighted by Gasteiger charge is 2.05. The number of amides is 1. The van der Waals surface area contributed by atoms with Gasteiger partial charge in [0.2, 0.25) is 0 Å².